The molecule has 1 atom stereocenters. The second-order valence-electron chi connectivity index (χ2n) is 4.41. The molecule has 1 aromatic carbocycles. The van der Waals surface area contributed by atoms with E-state index in [1.807, 2.05) is 6.92 Å². The quantitative estimate of drug-likeness (QED) is 0.781. The van der Waals surface area contributed by atoms with Crippen molar-refractivity contribution < 1.29 is 22.0 Å². The summed E-state index contributed by atoms with van der Waals surface area (Å²) in [6, 6.07) is 1.86. The molecule has 1 rings (SSSR count). The highest BCUT2D eigenvalue weighted by molar-refractivity contribution is 5.19. The van der Waals surface area contributed by atoms with Crippen molar-refractivity contribution in [3.63, 3.8) is 0 Å². The Labute approximate surface area is 108 Å². The van der Waals surface area contributed by atoms with E-state index >= 15 is 0 Å². The molecule has 0 fully saturated rings. The number of hydrogen-bond donors (Lipinski definition) is 1. The summed E-state index contributed by atoms with van der Waals surface area (Å²) in [5, 5.41) is 2.71. The molecule has 0 saturated carbocycles. The maximum Gasteiger partial charge on any atom is 0.390 e. The molecule has 1 nitrogen and oxygen atoms in total. The number of rotatable bonds is 6. The van der Waals surface area contributed by atoms with Crippen LogP contribution >= 0.6 is 0 Å². The van der Waals surface area contributed by atoms with Crippen LogP contribution in [0.3, 0.4) is 0 Å². The van der Waals surface area contributed by atoms with Crippen LogP contribution in [-0.4, -0.2) is 18.8 Å². The first kappa shape index (κ1) is 15.9. The van der Waals surface area contributed by atoms with Crippen molar-refractivity contribution in [1.82, 2.24) is 5.32 Å². The summed E-state index contributed by atoms with van der Waals surface area (Å²) in [5.41, 5.74) is -0.0437. The summed E-state index contributed by atoms with van der Waals surface area (Å²) < 4.78 is 63.6. The van der Waals surface area contributed by atoms with E-state index in [0.717, 1.165) is 18.2 Å². The minimum absolute atomic E-state index is 0.0437. The fourth-order valence-electron chi connectivity index (χ4n) is 1.81. The fourth-order valence-corrected chi connectivity index (χ4v) is 1.81. The van der Waals surface area contributed by atoms with Gasteiger partial charge in [-0.05, 0) is 43.1 Å². The summed E-state index contributed by atoms with van der Waals surface area (Å²) in [6.07, 6.45) is -4.93. The molecular formula is C13H16F5N. The van der Waals surface area contributed by atoms with Gasteiger partial charge in [-0.15, -0.1) is 0 Å². The minimum Gasteiger partial charge on any atom is -0.313 e. The standard InChI is InChI=1S/C13H16F5N/c1-2-5-19-11(8-13(16,17)18)7-9-6-10(14)3-4-12(9)15/h3-4,6,11,19H,2,5,7-8H2,1H3. The summed E-state index contributed by atoms with van der Waals surface area (Å²) in [4.78, 5) is 0. The van der Waals surface area contributed by atoms with Gasteiger partial charge in [-0.3, -0.25) is 0 Å². The minimum atomic E-state index is -4.34. The summed E-state index contributed by atoms with van der Waals surface area (Å²) >= 11 is 0. The van der Waals surface area contributed by atoms with Crippen LogP contribution in [0, 0.1) is 11.6 Å². The maximum absolute atomic E-state index is 13.4. The van der Waals surface area contributed by atoms with Gasteiger partial charge in [0.1, 0.15) is 11.6 Å². The zero-order valence-corrected chi connectivity index (χ0v) is 10.5. The van der Waals surface area contributed by atoms with E-state index in [9.17, 15) is 22.0 Å². The molecular weight excluding hydrogens is 265 g/mol. The lowest BCUT2D eigenvalue weighted by Crippen LogP contribution is -2.36. The number of nitrogens with one attached hydrogen (secondary N) is 1. The topological polar surface area (TPSA) is 12.0 Å². The molecule has 0 aromatic heterocycles. The largest absolute Gasteiger partial charge is 0.390 e. The first-order chi connectivity index (χ1) is 8.81. The molecule has 19 heavy (non-hydrogen) atoms. The van der Waals surface area contributed by atoms with Crippen LogP contribution in [0.1, 0.15) is 25.3 Å². The Morgan fingerprint density at radius 2 is 1.89 bits per heavy atom. The van der Waals surface area contributed by atoms with Gasteiger partial charge in [0.2, 0.25) is 0 Å². The number of hydrogen-bond acceptors (Lipinski definition) is 1. The van der Waals surface area contributed by atoms with E-state index in [2.05, 4.69) is 5.32 Å². The van der Waals surface area contributed by atoms with Gasteiger partial charge in [-0.1, -0.05) is 6.92 Å². The zero-order valence-electron chi connectivity index (χ0n) is 10.5. The zero-order chi connectivity index (χ0) is 14.5. The highest BCUT2D eigenvalue weighted by atomic mass is 19.4. The number of halogens is 5. The van der Waals surface area contributed by atoms with Crippen molar-refractivity contribution in [2.24, 2.45) is 0 Å². The summed E-state index contributed by atoms with van der Waals surface area (Å²) in [5.74, 6) is -1.34. The van der Waals surface area contributed by atoms with Crippen LogP contribution in [0.2, 0.25) is 0 Å². The average molecular weight is 281 g/mol. The number of benzene rings is 1. The highest BCUT2D eigenvalue weighted by Crippen LogP contribution is 2.24. The van der Waals surface area contributed by atoms with E-state index in [0.29, 0.717) is 13.0 Å². The van der Waals surface area contributed by atoms with E-state index in [1.165, 1.54) is 0 Å². The SMILES string of the molecule is CCCNC(Cc1cc(F)ccc1F)CC(F)(F)F. The van der Waals surface area contributed by atoms with Crippen molar-refractivity contribution in [2.75, 3.05) is 6.54 Å². The molecule has 108 valence electrons. The fraction of sp³-hybridized carbons (Fsp3) is 0.538. The molecule has 0 saturated heterocycles. The third-order valence-electron chi connectivity index (χ3n) is 2.63. The van der Waals surface area contributed by atoms with Crippen LogP contribution in [0.25, 0.3) is 0 Å². The third-order valence-corrected chi connectivity index (χ3v) is 2.63. The van der Waals surface area contributed by atoms with Crippen molar-refractivity contribution in [2.45, 2.75) is 38.4 Å². The van der Waals surface area contributed by atoms with Gasteiger partial charge >= 0.3 is 6.18 Å². The van der Waals surface area contributed by atoms with Crippen LogP contribution in [0.4, 0.5) is 22.0 Å². The van der Waals surface area contributed by atoms with Crippen LogP contribution in [-0.2, 0) is 6.42 Å². The molecule has 0 spiro atoms. The van der Waals surface area contributed by atoms with E-state index in [-0.39, 0.29) is 12.0 Å². The van der Waals surface area contributed by atoms with Crippen LogP contribution in [0.15, 0.2) is 18.2 Å². The van der Waals surface area contributed by atoms with Crippen LogP contribution in [0.5, 0.6) is 0 Å². The normalized spacial score (nSPS) is 13.6. The Morgan fingerprint density at radius 3 is 2.47 bits per heavy atom. The van der Waals surface area contributed by atoms with Crippen LogP contribution < -0.4 is 5.32 Å². The predicted molar refractivity (Wildman–Crippen MR) is 62.8 cm³/mol. The molecule has 0 bridgehead atoms. The van der Waals surface area contributed by atoms with Gasteiger partial charge in [0.25, 0.3) is 0 Å². The van der Waals surface area contributed by atoms with Gasteiger partial charge in [0.05, 0.1) is 6.42 Å². The van der Waals surface area contributed by atoms with E-state index in [1.54, 1.807) is 0 Å². The Bertz CT molecular complexity index is 403. The van der Waals surface area contributed by atoms with E-state index < -0.39 is 30.3 Å². The molecule has 0 aliphatic heterocycles. The highest BCUT2D eigenvalue weighted by Gasteiger charge is 2.32. The molecule has 1 unspecified atom stereocenters. The molecule has 0 heterocycles. The lowest BCUT2D eigenvalue weighted by atomic mass is 10.0. The lowest BCUT2D eigenvalue weighted by Gasteiger charge is -2.20. The van der Waals surface area contributed by atoms with Gasteiger partial charge in [-0.2, -0.15) is 13.2 Å². The van der Waals surface area contributed by atoms with Gasteiger partial charge in [0, 0.05) is 6.04 Å². The Balaban J connectivity index is 2.78. The molecule has 0 aliphatic rings. The molecule has 1 aromatic rings. The van der Waals surface area contributed by atoms with Gasteiger partial charge < -0.3 is 5.32 Å². The third kappa shape index (κ3) is 6.00. The Morgan fingerprint density at radius 1 is 1.21 bits per heavy atom. The van der Waals surface area contributed by atoms with Crippen molar-refractivity contribution in [1.29, 1.82) is 0 Å². The first-order valence-electron chi connectivity index (χ1n) is 6.06. The summed E-state index contributed by atoms with van der Waals surface area (Å²) in [6.45, 7) is 2.22. The lowest BCUT2D eigenvalue weighted by molar-refractivity contribution is -0.139. The molecule has 0 aliphatic carbocycles. The average Bonchev–Trinajstić information content (AvgIpc) is 2.29. The van der Waals surface area contributed by atoms with E-state index in [4.69, 9.17) is 0 Å². The maximum atomic E-state index is 13.4. The molecule has 0 radical (unpaired) electrons. The monoisotopic (exact) mass is 281 g/mol. The number of alkyl halides is 3. The second-order valence-corrected chi connectivity index (χ2v) is 4.41. The molecule has 6 heteroatoms. The predicted octanol–water partition coefficient (Wildman–Crippen LogP) is 3.83. The van der Waals surface area contributed by atoms with Crippen molar-refractivity contribution >= 4 is 0 Å². The smallest absolute Gasteiger partial charge is 0.313 e. The summed E-state index contributed by atoms with van der Waals surface area (Å²) in [7, 11) is 0. The Kier molecular flexibility index (Phi) is 5.72. The Hall–Kier alpha value is -1.17. The van der Waals surface area contributed by atoms with Crippen molar-refractivity contribution in [3.8, 4) is 0 Å². The van der Waals surface area contributed by atoms with Gasteiger partial charge in [0.15, 0.2) is 0 Å². The van der Waals surface area contributed by atoms with Crippen molar-refractivity contribution in [3.05, 3.63) is 35.4 Å². The first-order valence-corrected chi connectivity index (χ1v) is 6.06. The molecule has 0 amide bonds. The molecule has 1 N–H and O–H groups in total. The van der Waals surface area contributed by atoms with Gasteiger partial charge in [-0.25, -0.2) is 8.78 Å². The second kappa shape index (κ2) is 6.84.